The Balaban J connectivity index is 1.71. The standard InChI is InChI=1S/C19H14N2O4S2/c22-16(20-14-9-5-4-8-13(14)18(24)25)11-21-17(23)15(27-19(21)26)10-12-6-2-1-3-7-12/h1-10H,11H2,(H,20,22)(H,24,25)/p-1/b15-10-. The van der Waals surface area contributed by atoms with Crippen LogP contribution >= 0.6 is 24.0 Å². The van der Waals surface area contributed by atoms with Crippen LogP contribution in [0.3, 0.4) is 0 Å². The van der Waals surface area contributed by atoms with E-state index in [1.807, 2.05) is 30.3 Å². The second kappa shape index (κ2) is 8.15. The van der Waals surface area contributed by atoms with Crippen molar-refractivity contribution in [2.45, 2.75) is 0 Å². The zero-order chi connectivity index (χ0) is 19.4. The number of thiocarbonyl (C=S) groups is 1. The van der Waals surface area contributed by atoms with Crippen LogP contribution in [0.1, 0.15) is 15.9 Å². The smallest absolute Gasteiger partial charge is 0.266 e. The first-order valence-corrected chi connectivity index (χ1v) is 9.09. The van der Waals surface area contributed by atoms with E-state index in [0.29, 0.717) is 4.91 Å². The van der Waals surface area contributed by atoms with Gasteiger partial charge in [0, 0.05) is 11.3 Å². The van der Waals surface area contributed by atoms with Crippen LogP contribution in [0.15, 0.2) is 59.5 Å². The predicted molar refractivity (Wildman–Crippen MR) is 106 cm³/mol. The van der Waals surface area contributed by atoms with E-state index in [0.717, 1.165) is 17.3 Å². The van der Waals surface area contributed by atoms with E-state index in [-0.39, 0.29) is 28.0 Å². The van der Waals surface area contributed by atoms with Gasteiger partial charge in [0.2, 0.25) is 5.91 Å². The molecule has 136 valence electrons. The Kier molecular flexibility index (Phi) is 5.68. The third kappa shape index (κ3) is 4.42. The van der Waals surface area contributed by atoms with Crippen LogP contribution in [-0.4, -0.2) is 33.5 Å². The minimum Gasteiger partial charge on any atom is -0.545 e. The highest BCUT2D eigenvalue weighted by Crippen LogP contribution is 2.32. The van der Waals surface area contributed by atoms with Crippen molar-refractivity contribution >= 4 is 57.8 Å². The van der Waals surface area contributed by atoms with Crippen LogP contribution in [0.25, 0.3) is 6.08 Å². The molecule has 1 heterocycles. The van der Waals surface area contributed by atoms with Gasteiger partial charge in [0.05, 0.1) is 10.9 Å². The first kappa shape index (κ1) is 18.8. The molecule has 0 radical (unpaired) electrons. The third-order valence-corrected chi connectivity index (χ3v) is 5.07. The molecule has 0 atom stereocenters. The van der Waals surface area contributed by atoms with Crippen molar-refractivity contribution in [3.8, 4) is 0 Å². The molecule has 0 unspecified atom stereocenters. The summed E-state index contributed by atoms with van der Waals surface area (Å²) in [5.41, 5.74) is 0.818. The van der Waals surface area contributed by atoms with Gasteiger partial charge in [0.15, 0.2) is 0 Å². The van der Waals surface area contributed by atoms with Gasteiger partial charge in [0.1, 0.15) is 10.9 Å². The largest absolute Gasteiger partial charge is 0.545 e. The van der Waals surface area contributed by atoms with Gasteiger partial charge in [-0.3, -0.25) is 14.5 Å². The summed E-state index contributed by atoms with van der Waals surface area (Å²) in [5.74, 6) is -2.32. The van der Waals surface area contributed by atoms with Crippen molar-refractivity contribution in [1.29, 1.82) is 0 Å². The fraction of sp³-hybridized carbons (Fsp3) is 0.0526. The first-order chi connectivity index (χ1) is 13.0. The molecule has 0 aliphatic carbocycles. The molecule has 0 spiro atoms. The molecule has 3 rings (SSSR count). The van der Waals surface area contributed by atoms with E-state index < -0.39 is 11.9 Å². The van der Waals surface area contributed by atoms with Crippen molar-refractivity contribution in [2.24, 2.45) is 0 Å². The van der Waals surface area contributed by atoms with Gasteiger partial charge in [-0.1, -0.05) is 72.5 Å². The Morgan fingerprint density at radius 2 is 1.78 bits per heavy atom. The molecule has 1 fully saturated rings. The zero-order valence-electron chi connectivity index (χ0n) is 13.9. The molecule has 0 saturated carbocycles. The van der Waals surface area contributed by atoms with Crippen molar-refractivity contribution in [2.75, 3.05) is 11.9 Å². The number of benzene rings is 2. The van der Waals surface area contributed by atoms with Gasteiger partial charge in [-0.25, -0.2) is 0 Å². The van der Waals surface area contributed by atoms with E-state index in [1.165, 1.54) is 23.1 Å². The molecule has 1 N–H and O–H groups in total. The maximum Gasteiger partial charge on any atom is 0.266 e. The van der Waals surface area contributed by atoms with Crippen molar-refractivity contribution in [3.05, 3.63) is 70.6 Å². The Morgan fingerprint density at radius 3 is 2.48 bits per heavy atom. The number of rotatable bonds is 5. The van der Waals surface area contributed by atoms with Crippen LogP contribution < -0.4 is 10.4 Å². The number of thioether (sulfide) groups is 1. The number of carboxylic acids is 1. The van der Waals surface area contributed by atoms with Crippen LogP contribution in [-0.2, 0) is 9.59 Å². The summed E-state index contributed by atoms with van der Waals surface area (Å²) in [5, 5.41) is 13.6. The Hall–Kier alpha value is -2.97. The van der Waals surface area contributed by atoms with Crippen molar-refractivity contribution in [1.82, 2.24) is 4.90 Å². The fourth-order valence-corrected chi connectivity index (χ4v) is 3.70. The summed E-state index contributed by atoms with van der Waals surface area (Å²) in [6.07, 6.45) is 1.71. The number of nitrogens with zero attached hydrogens (tertiary/aromatic N) is 1. The van der Waals surface area contributed by atoms with Gasteiger partial charge >= 0.3 is 0 Å². The summed E-state index contributed by atoms with van der Waals surface area (Å²) >= 11 is 6.32. The normalized spacial score (nSPS) is 15.3. The Bertz CT molecular complexity index is 957. The van der Waals surface area contributed by atoms with Gasteiger partial charge in [-0.15, -0.1) is 0 Å². The molecular formula is C19H13N2O4S2-. The molecule has 2 amide bonds. The average Bonchev–Trinajstić information content (AvgIpc) is 2.90. The lowest BCUT2D eigenvalue weighted by atomic mass is 10.2. The molecule has 2 aromatic rings. The molecule has 0 bridgehead atoms. The molecule has 0 aromatic heterocycles. The quantitative estimate of drug-likeness (QED) is 0.612. The molecule has 2 aromatic carbocycles. The number of anilines is 1. The number of carboxylic acid groups (broad SMARTS) is 1. The minimum absolute atomic E-state index is 0.104. The number of carbonyl (C=O) groups excluding carboxylic acids is 3. The number of para-hydroxylation sites is 1. The average molecular weight is 397 g/mol. The van der Waals surface area contributed by atoms with Crippen LogP contribution in [0.4, 0.5) is 5.69 Å². The minimum atomic E-state index is -1.40. The Morgan fingerprint density at radius 1 is 1.11 bits per heavy atom. The summed E-state index contributed by atoms with van der Waals surface area (Å²) in [6, 6.07) is 15.2. The first-order valence-electron chi connectivity index (χ1n) is 7.86. The maximum atomic E-state index is 12.5. The molecule has 27 heavy (non-hydrogen) atoms. The topological polar surface area (TPSA) is 89.5 Å². The molecule has 1 saturated heterocycles. The Labute approximate surface area is 164 Å². The van der Waals surface area contributed by atoms with E-state index >= 15 is 0 Å². The summed E-state index contributed by atoms with van der Waals surface area (Å²) < 4.78 is 0.269. The SMILES string of the molecule is O=C(CN1C(=O)/C(=C/c2ccccc2)SC1=S)Nc1ccccc1C(=O)[O-]. The molecular weight excluding hydrogens is 384 g/mol. The van der Waals surface area contributed by atoms with Gasteiger partial charge in [-0.2, -0.15) is 0 Å². The van der Waals surface area contributed by atoms with Gasteiger partial charge in [0.25, 0.3) is 5.91 Å². The van der Waals surface area contributed by atoms with Gasteiger partial charge < -0.3 is 15.2 Å². The van der Waals surface area contributed by atoms with Crippen LogP contribution in [0.5, 0.6) is 0 Å². The second-order valence-electron chi connectivity index (χ2n) is 5.56. The lowest BCUT2D eigenvalue weighted by Gasteiger charge is -2.16. The lowest BCUT2D eigenvalue weighted by molar-refractivity contribution is -0.254. The predicted octanol–water partition coefficient (Wildman–Crippen LogP) is 1.89. The summed E-state index contributed by atoms with van der Waals surface area (Å²) in [6.45, 7) is -0.307. The number of aromatic carboxylic acids is 1. The summed E-state index contributed by atoms with van der Waals surface area (Å²) in [7, 11) is 0. The molecule has 8 heteroatoms. The van der Waals surface area contributed by atoms with Crippen molar-refractivity contribution in [3.63, 3.8) is 0 Å². The lowest BCUT2D eigenvalue weighted by Crippen LogP contribution is -2.36. The zero-order valence-corrected chi connectivity index (χ0v) is 15.5. The van der Waals surface area contributed by atoms with E-state index in [4.69, 9.17) is 12.2 Å². The number of amides is 2. The highest BCUT2D eigenvalue weighted by Gasteiger charge is 2.33. The summed E-state index contributed by atoms with van der Waals surface area (Å²) in [4.78, 5) is 37.6. The van der Waals surface area contributed by atoms with E-state index in [1.54, 1.807) is 12.1 Å². The maximum absolute atomic E-state index is 12.5. The number of hydrogen-bond donors (Lipinski definition) is 1. The van der Waals surface area contributed by atoms with E-state index in [9.17, 15) is 19.5 Å². The van der Waals surface area contributed by atoms with E-state index in [2.05, 4.69) is 5.32 Å². The fourth-order valence-electron chi connectivity index (χ4n) is 2.44. The number of hydrogen-bond acceptors (Lipinski definition) is 6. The molecule has 1 aliphatic rings. The molecule has 6 nitrogen and oxygen atoms in total. The number of nitrogens with one attached hydrogen (secondary N) is 1. The second-order valence-corrected chi connectivity index (χ2v) is 7.24. The third-order valence-electron chi connectivity index (χ3n) is 3.69. The van der Waals surface area contributed by atoms with Crippen molar-refractivity contribution < 1.29 is 19.5 Å². The van der Waals surface area contributed by atoms with Crippen LogP contribution in [0, 0.1) is 0 Å². The van der Waals surface area contributed by atoms with Gasteiger partial charge in [-0.05, 0) is 17.7 Å². The highest BCUT2D eigenvalue weighted by atomic mass is 32.2. The monoisotopic (exact) mass is 397 g/mol. The van der Waals surface area contributed by atoms with Crippen LogP contribution in [0.2, 0.25) is 0 Å². The molecule has 1 aliphatic heterocycles. The number of carbonyl (C=O) groups is 3. The highest BCUT2D eigenvalue weighted by molar-refractivity contribution is 8.26.